The minimum Gasteiger partial charge on any atom is -0.398 e. The van der Waals surface area contributed by atoms with Gasteiger partial charge in [-0.2, -0.15) is 5.26 Å². The quantitative estimate of drug-likeness (QED) is 0.811. The number of hydrogen-bond donors (Lipinski definition) is 1. The van der Waals surface area contributed by atoms with E-state index >= 15 is 0 Å². The fourth-order valence-corrected chi connectivity index (χ4v) is 2.33. The van der Waals surface area contributed by atoms with Gasteiger partial charge in [-0.05, 0) is 31.5 Å². The van der Waals surface area contributed by atoms with Gasteiger partial charge in [-0.15, -0.1) is 0 Å². The number of nitrogens with zero attached hydrogens (tertiary/aromatic N) is 2. The molecular weight excluding hydrogens is 226 g/mol. The van der Waals surface area contributed by atoms with E-state index in [-0.39, 0.29) is 6.10 Å². The fraction of sp³-hybridized carbons (Fsp3) is 0.500. The molecule has 0 amide bonds. The van der Waals surface area contributed by atoms with Crippen LogP contribution < -0.4 is 10.6 Å². The van der Waals surface area contributed by atoms with Gasteiger partial charge in [-0.3, -0.25) is 0 Å². The van der Waals surface area contributed by atoms with Crippen molar-refractivity contribution in [3.8, 4) is 6.07 Å². The molecule has 2 N–H and O–H groups in total. The smallest absolute Gasteiger partial charge is 0.101 e. The van der Waals surface area contributed by atoms with Crippen molar-refractivity contribution in [1.82, 2.24) is 0 Å². The van der Waals surface area contributed by atoms with Crippen LogP contribution in [0, 0.1) is 11.3 Å². The fourth-order valence-electron chi connectivity index (χ4n) is 2.33. The molecule has 2 unspecified atom stereocenters. The summed E-state index contributed by atoms with van der Waals surface area (Å²) in [5.74, 6) is 0. The molecule has 1 aromatic rings. The molecule has 2 rings (SSSR count). The second-order valence-electron chi connectivity index (χ2n) is 4.74. The largest absolute Gasteiger partial charge is 0.398 e. The van der Waals surface area contributed by atoms with Crippen LogP contribution in [0.25, 0.3) is 0 Å². The maximum absolute atomic E-state index is 8.90. The Balaban J connectivity index is 2.28. The van der Waals surface area contributed by atoms with Crippen LogP contribution in [0.5, 0.6) is 0 Å². The van der Waals surface area contributed by atoms with E-state index in [2.05, 4.69) is 24.8 Å². The highest BCUT2D eigenvalue weighted by molar-refractivity contribution is 5.64. The molecule has 1 heterocycles. The van der Waals surface area contributed by atoms with Crippen molar-refractivity contribution in [2.45, 2.75) is 32.4 Å². The van der Waals surface area contributed by atoms with E-state index in [1.807, 2.05) is 12.1 Å². The lowest BCUT2D eigenvalue weighted by molar-refractivity contribution is 0.0299. The molecule has 18 heavy (non-hydrogen) atoms. The lowest BCUT2D eigenvalue weighted by Crippen LogP contribution is -2.48. The van der Waals surface area contributed by atoms with Crippen LogP contribution in [0.4, 0.5) is 11.4 Å². The summed E-state index contributed by atoms with van der Waals surface area (Å²) in [4.78, 5) is 2.33. The molecule has 0 bridgehead atoms. The van der Waals surface area contributed by atoms with Crippen molar-refractivity contribution < 1.29 is 4.74 Å². The van der Waals surface area contributed by atoms with Crippen LogP contribution in [0.1, 0.15) is 25.8 Å². The van der Waals surface area contributed by atoms with Crippen molar-refractivity contribution in [2.24, 2.45) is 0 Å². The summed E-state index contributed by atoms with van der Waals surface area (Å²) in [6.45, 7) is 5.84. The standard InChI is InChI=1S/C14H19N3O/c1-3-12-9-18-10(2)8-17(12)13-5-4-11(7-15)14(16)6-13/h4-6,10,12H,3,8-9,16H2,1-2H3. The predicted octanol–water partition coefficient (Wildman–Crippen LogP) is 2.14. The molecule has 1 aliphatic heterocycles. The van der Waals surface area contributed by atoms with Gasteiger partial charge < -0.3 is 15.4 Å². The number of nitrogens with two attached hydrogens (primary N) is 1. The van der Waals surface area contributed by atoms with Crippen LogP contribution in [0.2, 0.25) is 0 Å². The highest BCUT2D eigenvalue weighted by Crippen LogP contribution is 2.26. The Kier molecular flexibility index (Phi) is 3.73. The van der Waals surface area contributed by atoms with E-state index < -0.39 is 0 Å². The molecule has 0 aromatic heterocycles. The first-order chi connectivity index (χ1) is 8.65. The van der Waals surface area contributed by atoms with Gasteiger partial charge in [0.25, 0.3) is 0 Å². The van der Waals surface area contributed by atoms with Crippen molar-refractivity contribution in [3.63, 3.8) is 0 Å². The number of nitriles is 1. The van der Waals surface area contributed by atoms with E-state index in [1.54, 1.807) is 6.07 Å². The van der Waals surface area contributed by atoms with E-state index in [0.29, 0.717) is 17.3 Å². The van der Waals surface area contributed by atoms with E-state index in [0.717, 1.165) is 25.3 Å². The van der Waals surface area contributed by atoms with Crippen LogP contribution in [0.3, 0.4) is 0 Å². The Morgan fingerprint density at radius 1 is 1.56 bits per heavy atom. The first-order valence-electron chi connectivity index (χ1n) is 6.33. The molecule has 1 fully saturated rings. The summed E-state index contributed by atoms with van der Waals surface area (Å²) >= 11 is 0. The maximum atomic E-state index is 8.90. The van der Waals surface area contributed by atoms with Crippen LogP contribution in [-0.2, 0) is 4.74 Å². The SMILES string of the molecule is CCC1COC(C)CN1c1ccc(C#N)c(N)c1. The molecule has 2 atom stereocenters. The van der Waals surface area contributed by atoms with Crippen molar-refractivity contribution >= 4 is 11.4 Å². The molecule has 0 spiro atoms. The second kappa shape index (κ2) is 5.28. The third kappa shape index (κ3) is 2.41. The molecule has 1 saturated heterocycles. The molecule has 96 valence electrons. The first-order valence-corrected chi connectivity index (χ1v) is 6.33. The normalized spacial score (nSPS) is 23.7. The zero-order chi connectivity index (χ0) is 13.1. The van der Waals surface area contributed by atoms with E-state index in [1.165, 1.54) is 0 Å². The zero-order valence-corrected chi connectivity index (χ0v) is 10.9. The number of morpholine rings is 1. The highest BCUT2D eigenvalue weighted by Gasteiger charge is 2.25. The molecule has 1 aromatic carbocycles. The Labute approximate surface area is 108 Å². The van der Waals surface area contributed by atoms with Gasteiger partial charge in [0, 0.05) is 12.2 Å². The summed E-state index contributed by atoms with van der Waals surface area (Å²) in [6.07, 6.45) is 1.26. The number of hydrogen-bond acceptors (Lipinski definition) is 4. The molecule has 4 nitrogen and oxygen atoms in total. The average molecular weight is 245 g/mol. The number of benzene rings is 1. The van der Waals surface area contributed by atoms with Gasteiger partial charge >= 0.3 is 0 Å². The van der Waals surface area contributed by atoms with Gasteiger partial charge in [0.2, 0.25) is 0 Å². The number of rotatable bonds is 2. The van der Waals surface area contributed by atoms with Crippen LogP contribution in [-0.4, -0.2) is 25.3 Å². The second-order valence-corrected chi connectivity index (χ2v) is 4.74. The minimum absolute atomic E-state index is 0.227. The van der Waals surface area contributed by atoms with Gasteiger partial charge in [-0.1, -0.05) is 6.92 Å². The molecule has 0 saturated carbocycles. The maximum Gasteiger partial charge on any atom is 0.101 e. The topological polar surface area (TPSA) is 62.3 Å². The third-order valence-electron chi connectivity index (χ3n) is 3.43. The lowest BCUT2D eigenvalue weighted by atomic mass is 10.1. The molecular formula is C14H19N3O. The Hall–Kier alpha value is -1.73. The molecule has 1 aliphatic rings. The summed E-state index contributed by atoms with van der Waals surface area (Å²) in [6, 6.07) is 8.12. The predicted molar refractivity (Wildman–Crippen MR) is 72.4 cm³/mol. The van der Waals surface area contributed by atoms with Crippen LogP contribution >= 0.6 is 0 Å². The van der Waals surface area contributed by atoms with Crippen LogP contribution in [0.15, 0.2) is 18.2 Å². The van der Waals surface area contributed by atoms with Gasteiger partial charge in [0.05, 0.1) is 30.0 Å². The van der Waals surface area contributed by atoms with Gasteiger partial charge in [-0.25, -0.2) is 0 Å². The Morgan fingerprint density at radius 3 is 2.94 bits per heavy atom. The van der Waals surface area contributed by atoms with E-state index in [4.69, 9.17) is 15.7 Å². The minimum atomic E-state index is 0.227. The molecule has 0 aliphatic carbocycles. The zero-order valence-electron chi connectivity index (χ0n) is 10.9. The van der Waals surface area contributed by atoms with E-state index in [9.17, 15) is 0 Å². The summed E-state index contributed by atoms with van der Waals surface area (Å²) in [5.41, 5.74) is 8.04. The highest BCUT2D eigenvalue weighted by atomic mass is 16.5. The summed E-state index contributed by atoms with van der Waals surface area (Å²) < 4.78 is 5.68. The molecule has 0 radical (unpaired) electrons. The first kappa shape index (κ1) is 12.7. The molecule has 4 heteroatoms. The van der Waals surface area contributed by atoms with Gasteiger partial charge in [0.15, 0.2) is 0 Å². The Morgan fingerprint density at radius 2 is 2.33 bits per heavy atom. The van der Waals surface area contributed by atoms with Gasteiger partial charge in [0.1, 0.15) is 6.07 Å². The van der Waals surface area contributed by atoms with Crippen molar-refractivity contribution in [1.29, 1.82) is 5.26 Å². The number of anilines is 2. The lowest BCUT2D eigenvalue weighted by Gasteiger charge is -2.40. The monoisotopic (exact) mass is 245 g/mol. The average Bonchev–Trinajstić information content (AvgIpc) is 2.38. The number of nitrogen functional groups attached to an aromatic ring is 1. The summed E-state index contributed by atoms with van der Waals surface area (Å²) in [7, 11) is 0. The van der Waals surface area contributed by atoms with Crippen molar-refractivity contribution in [3.05, 3.63) is 23.8 Å². The Bertz CT molecular complexity index is 467. The third-order valence-corrected chi connectivity index (χ3v) is 3.43. The number of ether oxygens (including phenoxy) is 1. The van der Waals surface area contributed by atoms with Crippen molar-refractivity contribution in [2.75, 3.05) is 23.8 Å². The summed E-state index contributed by atoms with van der Waals surface area (Å²) in [5, 5.41) is 8.90.